The fraction of sp³-hybridized carbons (Fsp3) is 0.269. The lowest BCUT2D eigenvalue weighted by molar-refractivity contribution is 0.0690. The van der Waals surface area contributed by atoms with Gasteiger partial charge >= 0.3 is 0 Å². The van der Waals surface area contributed by atoms with E-state index in [4.69, 9.17) is 11.6 Å². The number of carbonyl (C=O) groups is 1. The van der Waals surface area contributed by atoms with Gasteiger partial charge in [-0.2, -0.15) is 0 Å². The molecule has 1 aliphatic heterocycles. The molecule has 0 bridgehead atoms. The Labute approximate surface area is 200 Å². The number of halogens is 1. The number of benzene rings is 3. The molecule has 7 heteroatoms. The van der Waals surface area contributed by atoms with Crippen molar-refractivity contribution in [3.63, 3.8) is 0 Å². The molecule has 0 radical (unpaired) electrons. The minimum atomic E-state index is -3.94. The number of hydrogen-bond donors (Lipinski definition) is 1. The molecule has 0 aromatic heterocycles. The van der Waals surface area contributed by atoms with E-state index in [0.717, 1.165) is 24.8 Å². The highest BCUT2D eigenvalue weighted by Gasteiger charge is 2.26. The van der Waals surface area contributed by atoms with E-state index in [0.29, 0.717) is 30.3 Å². The van der Waals surface area contributed by atoms with Crippen molar-refractivity contribution in [3.8, 4) is 0 Å². The van der Waals surface area contributed by atoms with Crippen LogP contribution in [0.15, 0.2) is 77.7 Å². The Morgan fingerprint density at radius 2 is 1.67 bits per heavy atom. The summed E-state index contributed by atoms with van der Waals surface area (Å²) in [6.45, 7) is 3.24. The largest absolute Gasteiger partial charge is 0.339 e. The van der Waals surface area contributed by atoms with Crippen molar-refractivity contribution in [1.29, 1.82) is 0 Å². The molecule has 1 saturated heterocycles. The van der Waals surface area contributed by atoms with Crippen LogP contribution in [0.2, 0.25) is 5.02 Å². The van der Waals surface area contributed by atoms with Gasteiger partial charge in [0.25, 0.3) is 15.9 Å². The van der Waals surface area contributed by atoms with Crippen LogP contribution in [0.1, 0.15) is 34.3 Å². The van der Waals surface area contributed by atoms with Crippen molar-refractivity contribution in [2.45, 2.75) is 31.1 Å². The standard InChI is InChI=1S/C26H27ClN2O3S/c1-19-7-10-23(11-8-19)28-33(31,32)25-18-22(9-12-24(25)27)26(30)29-15-13-21(14-16-29)17-20-5-3-2-4-6-20/h2-12,18,21,28H,13-17H2,1H3. The molecule has 1 N–H and O–H groups in total. The van der Waals surface area contributed by atoms with Gasteiger partial charge in [0.2, 0.25) is 0 Å². The monoisotopic (exact) mass is 482 g/mol. The number of sulfonamides is 1. The van der Waals surface area contributed by atoms with Crippen LogP contribution < -0.4 is 4.72 Å². The first-order chi connectivity index (χ1) is 15.8. The maximum absolute atomic E-state index is 13.1. The molecule has 3 aromatic rings. The Kier molecular flexibility index (Phi) is 7.05. The SMILES string of the molecule is Cc1ccc(NS(=O)(=O)c2cc(C(=O)N3CCC(Cc4ccccc4)CC3)ccc2Cl)cc1. The van der Waals surface area contributed by atoms with Gasteiger partial charge in [-0.05, 0) is 68.0 Å². The second kappa shape index (κ2) is 9.98. The van der Waals surface area contributed by atoms with Crippen LogP contribution in [0, 0.1) is 12.8 Å². The third-order valence-corrected chi connectivity index (χ3v) is 7.90. The topological polar surface area (TPSA) is 66.5 Å². The number of likely N-dealkylation sites (tertiary alicyclic amines) is 1. The summed E-state index contributed by atoms with van der Waals surface area (Å²) in [6, 6.07) is 21.8. The van der Waals surface area contributed by atoms with E-state index in [1.807, 2.05) is 37.3 Å². The summed E-state index contributed by atoms with van der Waals surface area (Å²) < 4.78 is 28.4. The van der Waals surface area contributed by atoms with E-state index in [1.54, 1.807) is 23.1 Å². The zero-order chi connectivity index (χ0) is 23.4. The Morgan fingerprint density at radius 1 is 1.00 bits per heavy atom. The van der Waals surface area contributed by atoms with E-state index in [2.05, 4.69) is 16.9 Å². The summed E-state index contributed by atoms with van der Waals surface area (Å²) in [5, 5.41) is 0.0766. The van der Waals surface area contributed by atoms with Crippen molar-refractivity contribution in [3.05, 3.63) is 94.5 Å². The number of nitrogens with one attached hydrogen (secondary N) is 1. The lowest BCUT2D eigenvalue weighted by Gasteiger charge is -2.32. The van der Waals surface area contributed by atoms with Gasteiger partial charge < -0.3 is 4.90 Å². The van der Waals surface area contributed by atoms with Gasteiger partial charge in [0.1, 0.15) is 4.90 Å². The Morgan fingerprint density at radius 3 is 2.33 bits per heavy atom. The molecule has 0 aliphatic carbocycles. The van der Waals surface area contributed by atoms with Crippen LogP contribution in [-0.4, -0.2) is 32.3 Å². The minimum absolute atomic E-state index is 0.0766. The van der Waals surface area contributed by atoms with Crippen LogP contribution in [0.5, 0.6) is 0 Å². The van der Waals surface area contributed by atoms with E-state index < -0.39 is 10.0 Å². The molecular formula is C26H27ClN2O3S. The van der Waals surface area contributed by atoms with Crippen LogP contribution in [0.25, 0.3) is 0 Å². The fourth-order valence-electron chi connectivity index (χ4n) is 4.14. The van der Waals surface area contributed by atoms with Gasteiger partial charge in [0.15, 0.2) is 0 Å². The molecule has 0 unspecified atom stereocenters. The third-order valence-electron chi connectivity index (χ3n) is 6.04. The summed E-state index contributed by atoms with van der Waals surface area (Å²) in [5.74, 6) is 0.368. The number of rotatable bonds is 6. The van der Waals surface area contributed by atoms with Crippen molar-refractivity contribution >= 4 is 33.2 Å². The third kappa shape index (κ3) is 5.75. The van der Waals surface area contributed by atoms with Gasteiger partial charge in [-0.25, -0.2) is 8.42 Å². The molecule has 1 amide bonds. The van der Waals surface area contributed by atoms with Crippen molar-refractivity contribution in [2.75, 3.05) is 17.8 Å². The molecule has 0 spiro atoms. The number of carbonyl (C=O) groups excluding carboxylic acids is 1. The van der Waals surface area contributed by atoms with Crippen LogP contribution >= 0.6 is 11.6 Å². The van der Waals surface area contributed by atoms with E-state index in [9.17, 15) is 13.2 Å². The molecule has 0 saturated carbocycles. The maximum Gasteiger partial charge on any atom is 0.263 e. The zero-order valence-electron chi connectivity index (χ0n) is 18.5. The summed E-state index contributed by atoms with van der Waals surface area (Å²) in [6.07, 6.45) is 2.86. The summed E-state index contributed by atoms with van der Waals surface area (Å²) >= 11 is 6.21. The lowest BCUT2D eigenvalue weighted by atomic mass is 9.90. The average Bonchev–Trinajstić information content (AvgIpc) is 2.81. The van der Waals surface area contributed by atoms with Gasteiger partial charge in [-0.15, -0.1) is 0 Å². The Balaban J connectivity index is 1.44. The number of amides is 1. The minimum Gasteiger partial charge on any atom is -0.339 e. The highest BCUT2D eigenvalue weighted by atomic mass is 35.5. The summed E-state index contributed by atoms with van der Waals surface area (Å²) in [5.41, 5.74) is 3.10. The first-order valence-electron chi connectivity index (χ1n) is 11.0. The molecule has 1 aliphatic rings. The van der Waals surface area contributed by atoms with Crippen LogP contribution in [0.3, 0.4) is 0 Å². The van der Waals surface area contributed by atoms with Crippen molar-refractivity contribution in [1.82, 2.24) is 4.90 Å². The van der Waals surface area contributed by atoms with Gasteiger partial charge in [-0.3, -0.25) is 9.52 Å². The molecule has 1 heterocycles. The quantitative estimate of drug-likeness (QED) is 0.501. The smallest absolute Gasteiger partial charge is 0.263 e. The molecular weight excluding hydrogens is 456 g/mol. The maximum atomic E-state index is 13.1. The second-order valence-corrected chi connectivity index (χ2v) is 10.6. The van der Waals surface area contributed by atoms with Gasteiger partial charge in [0.05, 0.1) is 5.02 Å². The number of aryl methyl sites for hydroxylation is 1. The molecule has 4 rings (SSSR count). The van der Waals surface area contributed by atoms with Crippen molar-refractivity contribution in [2.24, 2.45) is 5.92 Å². The predicted octanol–water partition coefficient (Wildman–Crippen LogP) is 5.54. The summed E-state index contributed by atoms with van der Waals surface area (Å²) in [4.78, 5) is 14.8. The average molecular weight is 483 g/mol. The fourth-order valence-corrected chi connectivity index (χ4v) is 5.73. The number of piperidine rings is 1. The normalized spacial score (nSPS) is 14.8. The first-order valence-corrected chi connectivity index (χ1v) is 12.9. The molecule has 3 aromatic carbocycles. The van der Waals surface area contributed by atoms with Gasteiger partial charge in [0, 0.05) is 24.3 Å². The lowest BCUT2D eigenvalue weighted by Crippen LogP contribution is -2.39. The van der Waals surface area contributed by atoms with E-state index in [-0.39, 0.29) is 15.8 Å². The zero-order valence-corrected chi connectivity index (χ0v) is 20.1. The van der Waals surface area contributed by atoms with Crippen LogP contribution in [0.4, 0.5) is 5.69 Å². The second-order valence-electron chi connectivity index (χ2n) is 8.54. The van der Waals surface area contributed by atoms with E-state index in [1.165, 1.54) is 17.7 Å². The predicted molar refractivity (Wildman–Crippen MR) is 132 cm³/mol. The first kappa shape index (κ1) is 23.3. The molecule has 172 valence electrons. The molecule has 33 heavy (non-hydrogen) atoms. The van der Waals surface area contributed by atoms with Crippen molar-refractivity contribution < 1.29 is 13.2 Å². The Bertz CT molecular complexity index is 1220. The molecule has 0 atom stereocenters. The molecule has 1 fully saturated rings. The Hall–Kier alpha value is -2.83. The molecule has 5 nitrogen and oxygen atoms in total. The van der Waals surface area contributed by atoms with E-state index >= 15 is 0 Å². The highest BCUT2D eigenvalue weighted by molar-refractivity contribution is 7.92. The number of anilines is 1. The number of hydrogen-bond acceptors (Lipinski definition) is 3. The highest BCUT2D eigenvalue weighted by Crippen LogP contribution is 2.27. The number of nitrogens with zero attached hydrogens (tertiary/aromatic N) is 1. The summed E-state index contributed by atoms with van der Waals surface area (Å²) in [7, 11) is -3.94. The van der Waals surface area contributed by atoms with Gasteiger partial charge in [-0.1, -0.05) is 59.6 Å². The van der Waals surface area contributed by atoms with Crippen LogP contribution in [-0.2, 0) is 16.4 Å².